The molecule has 1 heterocycles. The lowest BCUT2D eigenvalue weighted by Crippen LogP contribution is -2.25. The third-order valence-corrected chi connectivity index (χ3v) is 4.81. The molecule has 2 amide bonds. The molecule has 0 fully saturated rings. The molecular weight excluding hydrogens is 411 g/mol. The van der Waals surface area contributed by atoms with Crippen LogP contribution in [0.25, 0.3) is 0 Å². The first kappa shape index (κ1) is 20.9. The number of carbonyl (C=O) groups excluding carboxylic acids is 2. The van der Waals surface area contributed by atoms with E-state index in [9.17, 15) is 9.59 Å². The van der Waals surface area contributed by atoms with E-state index in [4.69, 9.17) is 23.2 Å². The van der Waals surface area contributed by atoms with Crippen molar-refractivity contribution in [1.82, 2.24) is 15.1 Å². The normalized spacial score (nSPS) is 10.6. The van der Waals surface area contributed by atoms with Gasteiger partial charge in [-0.15, -0.1) is 0 Å². The predicted octanol–water partition coefficient (Wildman–Crippen LogP) is 4.39. The molecular formula is C21H20Cl2N4O2. The number of carbonyl (C=O) groups is 2. The van der Waals surface area contributed by atoms with Gasteiger partial charge in [-0.05, 0) is 36.2 Å². The topological polar surface area (TPSA) is 76.0 Å². The van der Waals surface area contributed by atoms with E-state index in [1.54, 1.807) is 41.2 Å². The maximum absolute atomic E-state index is 12.2. The standard InChI is InChI=1S/C21H20Cl2N4O2/c22-17-9-8-16(18(23)13-17)14-27-19(10-12-25-27)26-20(28)7-4-11-24-21(29)15-5-2-1-3-6-15/h1-3,5-6,8-10,12-13H,4,7,11,14H2,(H,24,29)(H,26,28). The number of hydrogen-bond donors (Lipinski definition) is 2. The molecule has 29 heavy (non-hydrogen) atoms. The predicted molar refractivity (Wildman–Crippen MR) is 114 cm³/mol. The van der Waals surface area contributed by atoms with E-state index in [0.717, 1.165) is 5.56 Å². The zero-order valence-corrected chi connectivity index (χ0v) is 17.1. The molecule has 0 atom stereocenters. The Kier molecular flexibility index (Phi) is 7.27. The Morgan fingerprint density at radius 1 is 1.03 bits per heavy atom. The molecule has 2 aromatic carbocycles. The fraction of sp³-hybridized carbons (Fsp3) is 0.190. The summed E-state index contributed by atoms with van der Waals surface area (Å²) in [5.41, 5.74) is 1.45. The highest BCUT2D eigenvalue weighted by molar-refractivity contribution is 6.35. The SMILES string of the molecule is O=C(CCCNC(=O)c1ccccc1)Nc1ccnn1Cc1ccc(Cl)cc1Cl. The quantitative estimate of drug-likeness (QED) is 0.520. The van der Waals surface area contributed by atoms with Crippen LogP contribution >= 0.6 is 23.2 Å². The van der Waals surface area contributed by atoms with Crippen LogP contribution in [0.3, 0.4) is 0 Å². The molecule has 0 spiro atoms. The van der Waals surface area contributed by atoms with E-state index < -0.39 is 0 Å². The summed E-state index contributed by atoms with van der Waals surface area (Å²) in [6.45, 7) is 0.826. The third-order valence-electron chi connectivity index (χ3n) is 4.22. The second-order valence-electron chi connectivity index (χ2n) is 6.38. The number of rotatable bonds is 8. The van der Waals surface area contributed by atoms with Crippen LogP contribution in [0.2, 0.25) is 10.0 Å². The van der Waals surface area contributed by atoms with Gasteiger partial charge in [0, 0.05) is 34.6 Å². The van der Waals surface area contributed by atoms with Crippen LogP contribution in [0.15, 0.2) is 60.8 Å². The van der Waals surface area contributed by atoms with Gasteiger partial charge >= 0.3 is 0 Å². The molecule has 150 valence electrons. The summed E-state index contributed by atoms with van der Waals surface area (Å²) in [5, 5.41) is 11.0. The summed E-state index contributed by atoms with van der Waals surface area (Å²) in [6.07, 6.45) is 2.42. The van der Waals surface area contributed by atoms with Gasteiger partial charge in [-0.2, -0.15) is 5.10 Å². The van der Waals surface area contributed by atoms with Crippen LogP contribution in [0.1, 0.15) is 28.8 Å². The maximum Gasteiger partial charge on any atom is 0.251 e. The Morgan fingerprint density at radius 3 is 2.59 bits per heavy atom. The van der Waals surface area contributed by atoms with E-state index in [1.807, 2.05) is 24.3 Å². The minimum absolute atomic E-state index is 0.149. The summed E-state index contributed by atoms with van der Waals surface area (Å²) in [4.78, 5) is 24.2. The number of hydrogen-bond acceptors (Lipinski definition) is 3. The van der Waals surface area contributed by atoms with Crippen molar-refractivity contribution in [2.45, 2.75) is 19.4 Å². The van der Waals surface area contributed by atoms with Crippen LogP contribution in [0.5, 0.6) is 0 Å². The second-order valence-corrected chi connectivity index (χ2v) is 7.23. The Balaban J connectivity index is 1.46. The van der Waals surface area contributed by atoms with Crippen molar-refractivity contribution < 1.29 is 9.59 Å². The summed E-state index contributed by atoms with van der Waals surface area (Å²) < 4.78 is 1.66. The first-order valence-electron chi connectivity index (χ1n) is 9.12. The molecule has 0 saturated heterocycles. The third kappa shape index (κ3) is 6.07. The van der Waals surface area contributed by atoms with Crippen molar-refractivity contribution >= 4 is 40.8 Å². The smallest absolute Gasteiger partial charge is 0.251 e. The van der Waals surface area contributed by atoms with Crippen molar-refractivity contribution in [3.05, 3.63) is 82.0 Å². The summed E-state index contributed by atoms with van der Waals surface area (Å²) in [5.74, 6) is 0.279. The van der Waals surface area contributed by atoms with Gasteiger partial charge in [0.1, 0.15) is 5.82 Å². The van der Waals surface area contributed by atoms with Crippen molar-refractivity contribution in [3.63, 3.8) is 0 Å². The fourth-order valence-electron chi connectivity index (χ4n) is 2.72. The lowest BCUT2D eigenvalue weighted by atomic mass is 10.2. The van der Waals surface area contributed by atoms with Crippen LogP contribution in [-0.4, -0.2) is 28.1 Å². The van der Waals surface area contributed by atoms with Crippen molar-refractivity contribution in [2.24, 2.45) is 0 Å². The average Bonchev–Trinajstić information content (AvgIpc) is 3.14. The molecule has 1 aromatic heterocycles. The number of aromatic nitrogens is 2. The molecule has 3 rings (SSSR count). The molecule has 6 nitrogen and oxygen atoms in total. The number of nitrogens with one attached hydrogen (secondary N) is 2. The van der Waals surface area contributed by atoms with Crippen LogP contribution in [0.4, 0.5) is 5.82 Å². The molecule has 2 N–H and O–H groups in total. The lowest BCUT2D eigenvalue weighted by Gasteiger charge is -2.11. The summed E-state index contributed by atoms with van der Waals surface area (Å²) in [7, 11) is 0. The van der Waals surface area contributed by atoms with Crippen LogP contribution in [-0.2, 0) is 11.3 Å². The Bertz CT molecular complexity index is 989. The zero-order valence-electron chi connectivity index (χ0n) is 15.6. The molecule has 8 heteroatoms. The van der Waals surface area contributed by atoms with E-state index in [2.05, 4.69) is 15.7 Å². The van der Waals surface area contributed by atoms with Gasteiger partial charge in [-0.3, -0.25) is 9.59 Å². The van der Waals surface area contributed by atoms with Crippen LogP contribution < -0.4 is 10.6 Å². The molecule has 0 aliphatic rings. The molecule has 0 aliphatic carbocycles. The van der Waals surface area contributed by atoms with E-state index >= 15 is 0 Å². The molecule has 3 aromatic rings. The highest BCUT2D eigenvalue weighted by Crippen LogP contribution is 2.22. The van der Waals surface area contributed by atoms with Gasteiger partial charge in [0.05, 0.1) is 12.7 Å². The monoisotopic (exact) mass is 430 g/mol. The highest BCUT2D eigenvalue weighted by atomic mass is 35.5. The fourth-order valence-corrected chi connectivity index (χ4v) is 3.19. The van der Waals surface area contributed by atoms with E-state index in [1.165, 1.54) is 0 Å². The summed E-state index contributed by atoms with van der Waals surface area (Å²) >= 11 is 12.1. The maximum atomic E-state index is 12.2. The van der Waals surface area contributed by atoms with Gasteiger partial charge in [0.25, 0.3) is 5.91 Å². The average molecular weight is 431 g/mol. The number of benzene rings is 2. The first-order valence-corrected chi connectivity index (χ1v) is 9.87. The van der Waals surface area contributed by atoms with Gasteiger partial charge in [-0.25, -0.2) is 4.68 Å². The molecule has 0 bridgehead atoms. The second kappa shape index (κ2) is 10.1. The molecule has 0 saturated carbocycles. The van der Waals surface area contributed by atoms with Crippen molar-refractivity contribution in [1.29, 1.82) is 0 Å². The Morgan fingerprint density at radius 2 is 1.83 bits per heavy atom. The van der Waals surface area contributed by atoms with Crippen LogP contribution in [0, 0.1) is 0 Å². The van der Waals surface area contributed by atoms with E-state index in [0.29, 0.717) is 40.9 Å². The molecule has 0 aliphatic heterocycles. The van der Waals surface area contributed by atoms with Crippen molar-refractivity contribution in [3.8, 4) is 0 Å². The Labute approximate surface area is 178 Å². The van der Waals surface area contributed by atoms with Gasteiger partial charge in [0.2, 0.25) is 5.91 Å². The van der Waals surface area contributed by atoms with Gasteiger partial charge in [0.15, 0.2) is 0 Å². The van der Waals surface area contributed by atoms with Crippen molar-refractivity contribution in [2.75, 3.05) is 11.9 Å². The molecule has 0 radical (unpaired) electrons. The number of amides is 2. The molecule has 0 unspecified atom stereocenters. The largest absolute Gasteiger partial charge is 0.352 e. The van der Waals surface area contributed by atoms with Gasteiger partial charge < -0.3 is 10.6 Å². The Hall–Kier alpha value is -2.83. The first-order chi connectivity index (χ1) is 14.0. The minimum Gasteiger partial charge on any atom is -0.352 e. The summed E-state index contributed by atoms with van der Waals surface area (Å²) in [6, 6.07) is 15.9. The van der Waals surface area contributed by atoms with E-state index in [-0.39, 0.29) is 18.2 Å². The number of halogens is 2. The number of anilines is 1. The highest BCUT2D eigenvalue weighted by Gasteiger charge is 2.10. The minimum atomic E-state index is -0.150. The zero-order chi connectivity index (χ0) is 20.6. The number of nitrogens with zero attached hydrogens (tertiary/aromatic N) is 2. The lowest BCUT2D eigenvalue weighted by molar-refractivity contribution is -0.116. The van der Waals surface area contributed by atoms with Gasteiger partial charge in [-0.1, -0.05) is 47.5 Å².